The van der Waals surface area contributed by atoms with Gasteiger partial charge < -0.3 is 10.1 Å². The van der Waals surface area contributed by atoms with E-state index in [9.17, 15) is 27.5 Å². The third kappa shape index (κ3) is 3.76. The van der Waals surface area contributed by atoms with E-state index in [2.05, 4.69) is 15.1 Å². The molecule has 0 spiro atoms. The molecule has 0 unspecified atom stereocenters. The smallest absolute Gasteiger partial charge is 0.390 e. The number of alkyl halides is 3. The highest BCUT2D eigenvalue weighted by molar-refractivity contribution is 5.77. The highest BCUT2D eigenvalue weighted by Gasteiger charge is 2.37. The third-order valence-corrected chi connectivity index (χ3v) is 4.58. The molecular weight excluding hydrogens is 392 g/mol. The Balaban J connectivity index is 2.30. The standard InChI is InChI=1S/C19H20F4N4O2/c1-9-24-16-14(17(29)25-9)13(8-28)26-27(16)15(18(2,3)4)10-5-6-11(12(20)7-10)19(21,22)23/h5-7,15,28H,8H2,1-4H3,(H,24,25,29)/t15-/m0/s1. The summed E-state index contributed by atoms with van der Waals surface area (Å²) in [5.74, 6) is -1.09. The number of hydrogen-bond donors (Lipinski definition) is 2. The first-order valence-electron chi connectivity index (χ1n) is 8.80. The lowest BCUT2D eigenvalue weighted by Crippen LogP contribution is -2.27. The quantitative estimate of drug-likeness (QED) is 0.643. The summed E-state index contributed by atoms with van der Waals surface area (Å²) < 4.78 is 54.5. The minimum Gasteiger partial charge on any atom is -0.390 e. The summed E-state index contributed by atoms with van der Waals surface area (Å²) >= 11 is 0. The molecule has 0 radical (unpaired) electrons. The number of aromatic amines is 1. The second-order valence-electron chi connectivity index (χ2n) is 7.90. The molecule has 156 valence electrons. The van der Waals surface area contributed by atoms with Crippen LogP contribution >= 0.6 is 0 Å². The maximum atomic E-state index is 14.3. The zero-order chi connectivity index (χ0) is 21.7. The number of aromatic nitrogens is 4. The Bertz CT molecular complexity index is 1130. The Morgan fingerprint density at radius 3 is 2.41 bits per heavy atom. The van der Waals surface area contributed by atoms with Gasteiger partial charge in [0, 0.05) is 0 Å². The molecule has 0 fully saturated rings. The van der Waals surface area contributed by atoms with Crippen LogP contribution in [0, 0.1) is 18.2 Å². The number of halogens is 4. The minimum absolute atomic E-state index is 0.0791. The number of rotatable bonds is 3. The van der Waals surface area contributed by atoms with Crippen molar-refractivity contribution < 1.29 is 22.7 Å². The number of aliphatic hydroxyl groups is 1. The van der Waals surface area contributed by atoms with E-state index in [1.165, 1.54) is 10.7 Å². The van der Waals surface area contributed by atoms with Crippen LogP contribution in [0.25, 0.3) is 11.0 Å². The van der Waals surface area contributed by atoms with Crippen LogP contribution in [0.15, 0.2) is 23.0 Å². The van der Waals surface area contributed by atoms with Gasteiger partial charge in [0.25, 0.3) is 5.56 Å². The monoisotopic (exact) mass is 412 g/mol. The van der Waals surface area contributed by atoms with E-state index in [-0.39, 0.29) is 22.3 Å². The zero-order valence-electron chi connectivity index (χ0n) is 16.2. The van der Waals surface area contributed by atoms with E-state index in [4.69, 9.17) is 0 Å². The molecule has 1 atom stereocenters. The van der Waals surface area contributed by atoms with Gasteiger partial charge in [0.1, 0.15) is 22.7 Å². The molecule has 2 N–H and O–H groups in total. The van der Waals surface area contributed by atoms with Gasteiger partial charge in [0.2, 0.25) is 0 Å². The van der Waals surface area contributed by atoms with Crippen molar-refractivity contribution in [1.29, 1.82) is 0 Å². The summed E-state index contributed by atoms with van der Waals surface area (Å²) in [6.45, 7) is 6.45. The second kappa shape index (κ2) is 6.94. The fourth-order valence-corrected chi connectivity index (χ4v) is 3.45. The summed E-state index contributed by atoms with van der Waals surface area (Å²) in [4.78, 5) is 19.2. The molecule has 2 heterocycles. The normalized spacial score (nSPS) is 13.8. The van der Waals surface area contributed by atoms with Gasteiger partial charge in [-0.2, -0.15) is 18.3 Å². The Kier molecular flexibility index (Phi) is 5.02. The summed E-state index contributed by atoms with van der Waals surface area (Å²) in [5.41, 5.74) is -2.02. The Morgan fingerprint density at radius 1 is 1.24 bits per heavy atom. The van der Waals surface area contributed by atoms with E-state index in [1.54, 1.807) is 27.7 Å². The molecule has 2 aromatic heterocycles. The molecule has 0 aliphatic heterocycles. The molecule has 10 heteroatoms. The molecule has 0 aliphatic rings. The lowest BCUT2D eigenvalue weighted by Gasteiger charge is -2.32. The summed E-state index contributed by atoms with van der Waals surface area (Å²) in [7, 11) is 0. The fourth-order valence-electron chi connectivity index (χ4n) is 3.45. The molecule has 1 aromatic carbocycles. The minimum atomic E-state index is -4.81. The van der Waals surface area contributed by atoms with Crippen LogP contribution in [0.1, 0.15) is 49.5 Å². The van der Waals surface area contributed by atoms with E-state index in [0.717, 1.165) is 6.07 Å². The predicted molar refractivity (Wildman–Crippen MR) is 97.8 cm³/mol. The molecule has 3 aromatic rings. The molecular formula is C19H20F4N4O2. The van der Waals surface area contributed by atoms with Crippen molar-refractivity contribution in [2.75, 3.05) is 0 Å². The maximum Gasteiger partial charge on any atom is 0.419 e. The number of aliphatic hydroxyl groups excluding tert-OH is 1. The Hall–Kier alpha value is -2.75. The van der Waals surface area contributed by atoms with Gasteiger partial charge in [0.05, 0.1) is 18.2 Å². The number of fused-ring (bicyclic) bond motifs is 1. The van der Waals surface area contributed by atoms with Crippen LogP contribution in [0.3, 0.4) is 0 Å². The highest BCUT2D eigenvalue weighted by atomic mass is 19.4. The van der Waals surface area contributed by atoms with Crippen molar-refractivity contribution >= 4 is 11.0 Å². The van der Waals surface area contributed by atoms with Gasteiger partial charge >= 0.3 is 6.18 Å². The van der Waals surface area contributed by atoms with Crippen LogP contribution in [-0.4, -0.2) is 24.9 Å². The van der Waals surface area contributed by atoms with Gasteiger partial charge in [-0.05, 0) is 30.0 Å². The van der Waals surface area contributed by atoms with E-state index >= 15 is 0 Å². The molecule has 3 rings (SSSR count). The van der Waals surface area contributed by atoms with Gasteiger partial charge in [-0.25, -0.2) is 14.1 Å². The molecule has 0 saturated carbocycles. The van der Waals surface area contributed by atoms with Crippen LogP contribution in [0.4, 0.5) is 17.6 Å². The molecule has 0 aliphatic carbocycles. The zero-order valence-corrected chi connectivity index (χ0v) is 16.2. The summed E-state index contributed by atoms with van der Waals surface area (Å²) in [6, 6.07) is 1.95. The number of nitrogens with zero attached hydrogens (tertiary/aromatic N) is 3. The third-order valence-electron chi connectivity index (χ3n) is 4.58. The van der Waals surface area contributed by atoms with Crippen LogP contribution in [-0.2, 0) is 12.8 Å². The summed E-state index contributed by atoms with van der Waals surface area (Å²) in [6.07, 6.45) is -4.81. The number of benzene rings is 1. The van der Waals surface area contributed by atoms with E-state index in [0.29, 0.717) is 11.9 Å². The van der Waals surface area contributed by atoms with Gasteiger partial charge in [-0.1, -0.05) is 26.8 Å². The Labute approximate surface area is 163 Å². The summed E-state index contributed by atoms with van der Waals surface area (Å²) in [5, 5.41) is 14.0. The number of H-pyrrole nitrogens is 1. The van der Waals surface area contributed by atoms with Crippen LogP contribution in [0.2, 0.25) is 0 Å². The first-order chi connectivity index (χ1) is 13.3. The molecule has 0 saturated heterocycles. The van der Waals surface area contributed by atoms with Gasteiger partial charge in [-0.15, -0.1) is 0 Å². The highest BCUT2D eigenvalue weighted by Crippen LogP contribution is 2.40. The van der Waals surface area contributed by atoms with Crippen molar-refractivity contribution in [2.45, 2.75) is 46.5 Å². The maximum absolute atomic E-state index is 14.3. The Morgan fingerprint density at radius 2 is 1.90 bits per heavy atom. The van der Waals surface area contributed by atoms with Gasteiger partial charge in [0.15, 0.2) is 5.65 Å². The van der Waals surface area contributed by atoms with E-state index in [1.807, 2.05) is 0 Å². The SMILES string of the molecule is Cc1nc2c(c(CO)nn2[C@@H](c2ccc(C(F)(F)F)c(F)c2)C(C)(C)C)c(=O)[nH]1. The van der Waals surface area contributed by atoms with Gasteiger partial charge in [-0.3, -0.25) is 4.79 Å². The largest absolute Gasteiger partial charge is 0.419 e. The fraction of sp³-hybridized carbons (Fsp3) is 0.421. The molecule has 6 nitrogen and oxygen atoms in total. The number of hydrogen-bond acceptors (Lipinski definition) is 4. The molecule has 29 heavy (non-hydrogen) atoms. The van der Waals surface area contributed by atoms with Crippen molar-refractivity contribution in [3.05, 3.63) is 57.0 Å². The van der Waals surface area contributed by atoms with Crippen molar-refractivity contribution in [3.8, 4) is 0 Å². The van der Waals surface area contributed by atoms with Crippen molar-refractivity contribution in [1.82, 2.24) is 19.7 Å². The van der Waals surface area contributed by atoms with Crippen molar-refractivity contribution in [3.63, 3.8) is 0 Å². The average molecular weight is 412 g/mol. The average Bonchev–Trinajstić information content (AvgIpc) is 2.91. The lowest BCUT2D eigenvalue weighted by atomic mass is 9.82. The predicted octanol–water partition coefficient (Wildman–Crippen LogP) is 3.71. The van der Waals surface area contributed by atoms with E-state index < -0.39 is 41.2 Å². The topological polar surface area (TPSA) is 83.8 Å². The number of nitrogens with one attached hydrogen (secondary N) is 1. The van der Waals surface area contributed by atoms with Crippen molar-refractivity contribution in [2.24, 2.45) is 5.41 Å². The van der Waals surface area contributed by atoms with Crippen LogP contribution < -0.4 is 5.56 Å². The van der Waals surface area contributed by atoms with Crippen LogP contribution in [0.5, 0.6) is 0 Å². The lowest BCUT2D eigenvalue weighted by molar-refractivity contribution is -0.140. The molecule has 0 amide bonds. The first kappa shape index (κ1) is 21.0. The number of aryl methyl sites for hydroxylation is 1. The molecule has 0 bridgehead atoms. The first-order valence-corrected chi connectivity index (χ1v) is 8.80. The second-order valence-corrected chi connectivity index (χ2v) is 7.90.